The van der Waals surface area contributed by atoms with Crippen LogP contribution in [0.4, 0.5) is 10.1 Å². The van der Waals surface area contributed by atoms with Crippen LogP contribution in [0.25, 0.3) is 5.57 Å². The summed E-state index contributed by atoms with van der Waals surface area (Å²) in [4.78, 5) is 4.41. The molecular weight excluding hydrogens is 257 g/mol. The zero-order valence-corrected chi connectivity index (χ0v) is 9.38. The molecule has 0 saturated carbocycles. The third kappa shape index (κ3) is 1.30. The van der Waals surface area contributed by atoms with E-state index in [4.69, 9.17) is 0 Å². The molecule has 0 aromatic heterocycles. The number of hydrogen-bond acceptors (Lipinski definition) is 1. The minimum absolute atomic E-state index is 0.183. The fraction of sp³-hybridized carbons (Fsp3) is 0.0833. The minimum atomic E-state index is -0.183. The largest absolute Gasteiger partial charge is 0.252 e. The average Bonchev–Trinajstić information content (AvgIpc) is 2.57. The lowest BCUT2D eigenvalue weighted by Crippen LogP contribution is -2.01. The van der Waals surface area contributed by atoms with E-state index in [1.165, 1.54) is 6.08 Å². The van der Waals surface area contributed by atoms with Gasteiger partial charge in [-0.3, -0.25) is 4.99 Å². The van der Waals surface area contributed by atoms with E-state index in [0.29, 0.717) is 5.57 Å². The molecule has 0 spiro atoms. The summed E-state index contributed by atoms with van der Waals surface area (Å²) in [6.07, 6.45) is 4.04. The summed E-state index contributed by atoms with van der Waals surface area (Å²) in [5, 5.41) is 0. The molecule has 3 heteroatoms. The minimum Gasteiger partial charge on any atom is -0.252 e. The Labute approximate surface area is 95.2 Å². The summed E-state index contributed by atoms with van der Waals surface area (Å²) < 4.78 is 14.6. The average molecular weight is 264 g/mol. The van der Waals surface area contributed by atoms with Crippen LogP contribution in [0, 0.1) is 0 Å². The van der Waals surface area contributed by atoms with E-state index < -0.39 is 0 Å². The first kappa shape index (κ1) is 9.04. The topological polar surface area (TPSA) is 12.4 Å². The number of allylic oxidation sites excluding steroid dienone is 4. The molecule has 0 atom stereocenters. The van der Waals surface area contributed by atoms with Gasteiger partial charge in [0.1, 0.15) is 5.83 Å². The molecule has 0 amide bonds. The SMILES string of the molecule is FC1=C2C(=Nc3ccc(Br)cc32)CC=C1. The Balaban J connectivity index is 2.29. The lowest BCUT2D eigenvalue weighted by Gasteiger charge is -2.07. The molecule has 0 N–H and O–H groups in total. The van der Waals surface area contributed by atoms with Gasteiger partial charge in [-0.05, 0) is 24.3 Å². The second-order valence-corrected chi connectivity index (χ2v) is 4.47. The number of halogens is 2. The van der Waals surface area contributed by atoms with Gasteiger partial charge >= 0.3 is 0 Å². The van der Waals surface area contributed by atoms with Gasteiger partial charge < -0.3 is 0 Å². The predicted octanol–water partition coefficient (Wildman–Crippen LogP) is 4.18. The first-order chi connectivity index (χ1) is 7.25. The van der Waals surface area contributed by atoms with Crippen molar-refractivity contribution >= 4 is 32.9 Å². The van der Waals surface area contributed by atoms with E-state index in [-0.39, 0.29) is 5.83 Å². The number of benzene rings is 1. The number of rotatable bonds is 0. The van der Waals surface area contributed by atoms with E-state index in [0.717, 1.165) is 27.9 Å². The van der Waals surface area contributed by atoms with Gasteiger partial charge in [0, 0.05) is 22.0 Å². The molecule has 15 heavy (non-hydrogen) atoms. The first-order valence-corrected chi connectivity index (χ1v) is 5.49. The highest BCUT2D eigenvalue weighted by Crippen LogP contribution is 2.41. The van der Waals surface area contributed by atoms with Gasteiger partial charge in [0.2, 0.25) is 0 Å². The van der Waals surface area contributed by atoms with Crippen molar-refractivity contribution in [3.8, 4) is 0 Å². The molecule has 0 radical (unpaired) electrons. The van der Waals surface area contributed by atoms with Gasteiger partial charge in [-0.15, -0.1) is 0 Å². The summed E-state index contributed by atoms with van der Waals surface area (Å²) in [7, 11) is 0. The summed E-state index contributed by atoms with van der Waals surface area (Å²) in [6, 6.07) is 5.75. The van der Waals surface area contributed by atoms with Gasteiger partial charge in [-0.1, -0.05) is 22.0 Å². The fourth-order valence-electron chi connectivity index (χ4n) is 1.93. The molecule has 0 bridgehead atoms. The zero-order chi connectivity index (χ0) is 10.4. The van der Waals surface area contributed by atoms with Gasteiger partial charge in [0.25, 0.3) is 0 Å². The number of fused-ring (bicyclic) bond motifs is 3. The molecule has 0 saturated heterocycles. The van der Waals surface area contributed by atoms with E-state index in [1.54, 1.807) is 6.08 Å². The van der Waals surface area contributed by atoms with Crippen molar-refractivity contribution in [3.05, 3.63) is 46.2 Å². The van der Waals surface area contributed by atoms with Crippen LogP contribution >= 0.6 is 15.9 Å². The molecule has 0 fully saturated rings. The highest BCUT2D eigenvalue weighted by atomic mass is 79.9. The molecule has 1 aromatic rings. The standard InChI is InChI=1S/C12H7BrFN/c13-7-4-5-10-8(6-7)12-9(14)2-1-3-11(12)15-10/h1-2,4-6H,3H2. The third-order valence-corrected chi connectivity index (χ3v) is 3.08. The Morgan fingerprint density at radius 1 is 1.33 bits per heavy atom. The molecule has 1 nitrogen and oxygen atoms in total. The molecule has 1 heterocycles. The quantitative estimate of drug-likeness (QED) is 0.666. The van der Waals surface area contributed by atoms with Crippen molar-refractivity contribution in [1.29, 1.82) is 0 Å². The highest BCUT2D eigenvalue weighted by molar-refractivity contribution is 9.10. The number of nitrogens with zero attached hydrogens (tertiary/aromatic N) is 1. The number of hydrogen-bond donors (Lipinski definition) is 0. The van der Waals surface area contributed by atoms with Crippen LogP contribution in [0.1, 0.15) is 12.0 Å². The Kier molecular flexibility index (Phi) is 1.89. The van der Waals surface area contributed by atoms with E-state index in [2.05, 4.69) is 20.9 Å². The maximum Gasteiger partial charge on any atom is 0.132 e. The van der Waals surface area contributed by atoms with Crippen LogP contribution in [0.5, 0.6) is 0 Å². The lowest BCUT2D eigenvalue weighted by molar-refractivity contribution is 0.670. The van der Waals surface area contributed by atoms with E-state index in [1.807, 2.05) is 18.2 Å². The molecule has 1 aliphatic carbocycles. The molecule has 0 unspecified atom stereocenters. The Morgan fingerprint density at radius 3 is 3.07 bits per heavy atom. The van der Waals surface area contributed by atoms with Crippen molar-refractivity contribution in [3.63, 3.8) is 0 Å². The normalized spacial score (nSPS) is 17.6. The Bertz CT molecular complexity index is 541. The third-order valence-electron chi connectivity index (χ3n) is 2.59. The van der Waals surface area contributed by atoms with Crippen LogP contribution in [0.2, 0.25) is 0 Å². The lowest BCUT2D eigenvalue weighted by atomic mass is 9.97. The zero-order valence-electron chi connectivity index (χ0n) is 7.80. The van der Waals surface area contributed by atoms with Crippen molar-refractivity contribution in [1.82, 2.24) is 0 Å². The maximum atomic E-state index is 13.6. The van der Waals surface area contributed by atoms with Crippen molar-refractivity contribution < 1.29 is 4.39 Å². The van der Waals surface area contributed by atoms with Gasteiger partial charge in [-0.25, -0.2) is 4.39 Å². The van der Waals surface area contributed by atoms with Crippen LogP contribution in [0.15, 0.2) is 45.6 Å². The summed E-state index contributed by atoms with van der Waals surface area (Å²) >= 11 is 3.39. The summed E-state index contributed by atoms with van der Waals surface area (Å²) in [5.41, 5.74) is 3.25. The molecule has 1 aromatic carbocycles. The number of aliphatic imine (C=N–C) groups is 1. The van der Waals surface area contributed by atoms with Crippen molar-refractivity contribution in [2.75, 3.05) is 0 Å². The second kappa shape index (κ2) is 3.14. The van der Waals surface area contributed by atoms with Gasteiger partial charge in [-0.2, -0.15) is 0 Å². The predicted molar refractivity (Wildman–Crippen MR) is 63.0 cm³/mol. The highest BCUT2D eigenvalue weighted by Gasteiger charge is 2.25. The smallest absolute Gasteiger partial charge is 0.132 e. The van der Waals surface area contributed by atoms with Crippen molar-refractivity contribution in [2.45, 2.75) is 6.42 Å². The Hall–Kier alpha value is -1.22. The molecule has 3 rings (SSSR count). The van der Waals surface area contributed by atoms with Crippen LogP contribution < -0.4 is 0 Å². The van der Waals surface area contributed by atoms with E-state index in [9.17, 15) is 4.39 Å². The Morgan fingerprint density at radius 2 is 2.20 bits per heavy atom. The molecule has 74 valence electrons. The van der Waals surface area contributed by atoms with Crippen LogP contribution in [-0.2, 0) is 0 Å². The molecule has 1 aliphatic heterocycles. The summed E-state index contributed by atoms with van der Waals surface area (Å²) in [6.45, 7) is 0. The first-order valence-electron chi connectivity index (χ1n) is 4.70. The molecular formula is C12H7BrFN. The fourth-order valence-corrected chi connectivity index (χ4v) is 2.30. The maximum absolute atomic E-state index is 13.6. The van der Waals surface area contributed by atoms with E-state index >= 15 is 0 Å². The summed E-state index contributed by atoms with van der Waals surface area (Å²) in [5.74, 6) is -0.183. The van der Waals surface area contributed by atoms with Crippen LogP contribution in [0.3, 0.4) is 0 Å². The van der Waals surface area contributed by atoms with Gasteiger partial charge in [0.15, 0.2) is 0 Å². The van der Waals surface area contributed by atoms with Crippen LogP contribution in [-0.4, -0.2) is 5.71 Å². The monoisotopic (exact) mass is 263 g/mol. The van der Waals surface area contributed by atoms with Gasteiger partial charge in [0.05, 0.1) is 11.4 Å². The molecule has 2 aliphatic rings. The second-order valence-electron chi connectivity index (χ2n) is 3.55. The van der Waals surface area contributed by atoms with Crippen molar-refractivity contribution in [2.24, 2.45) is 4.99 Å².